The second kappa shape index (κ2) is 7.78. The van der Waals surface area contributed by atoms with E-state index < -0.39 is 11.6 Å². The van der Waals surface area contributed by atoms with Crippen LogP contribution in [0.1, 0.15) is 18.9 Å². The van der Waals surface area contributed by atoms with E-state index in [0.29, 0.717) is 13.1 Å². The van der Waals surface area contributed by atoms with Crippen molar-refractivity contribution in [2.75, 3.05) is 38.6 Å². The van der Waals surface area contributed by atoms with Crippen molar-refractivity contribution >= 4 is 11.5 Å². The van der Waals surface area contributed by atoms with Crippen LogP contribution < -0.4 is 10.6 Å². The van der Waals surface area contributed by atoms with Crippen molar-refractivity contribution in [3.8, 4) is 0 Å². The van der Waals surface area contributed by atoms with Crippen LogP contribution in [0.2, 0.25) is 0 Å². The Morgan fingerprint density at radius 1 is 1.24 bits per heavy atom. The third-order valence-electron chi connectivity index (χ3n) is 3.15. The molecule has 0 unspecified atom stereocenters. The fraction of sp³-hybridized carbons (Fsp3) is 0.500. The average molecular weight is 300 g/mol. The number of hydrogen-bond acceptors (Lipinski definition) is 4. The van der Waals surface area contributed by atoms with Crippen molar-refractivity contribution in [1.82, 2.24) is 4.90 Å². The van der Waals surface area contributed by atoms with E-state index in [4.69, 9.17) is 10.9 Å². The third kappa shape index (κ3) is 4.56. The second-order valence-corrected chi connectivity index (χ2v) is 5.01. The van der Waals surface area contributed by atoms with Gasteiger partial charge < -0.3 is 20.7 Å². The van der Waals surface area contributed by atoms with Crippen LogP contribution in [0.4, 0.5) is 14.5 Å². The Morgan fingerprint density at radius 2 is 1.81 bits per heavy atom. The summed E-state index contributed by atoms with van der Waals surface area (Å²) in [4.78, 5) is 3.66. The van der Waals surface area contributed by atoms with Gasteiger partial charge in [-0.05, 0) is 46.1 Å². The Kier molecular flexibility index (Phi) is 6.36. The molecule has 0 bridgehead atoms. The molecule has 21 heavy (non-hydrogen) atoms. The van der Waals surface area contributed by atoms with E-state index in [1.165, 1.54) is 0 Å². The van der Waals surface area contributed by atoms with E-state index in [0.717, 1.165) is 25.1 Å². The quantitative estimate of drug-likeness (QED) is 0.349. The van der Waals surface area contributed by atoms with E-state index in [1.807, 2.05) is 25.9 Å². The first-order valence-electron chi connectivity index (χ1n) is 6.77. The molecule has 0 aromatic heterocycles. The highest BCUT2D eigenvalue weighted by Gasteiger charge is 2.18. The summed E-state index contributed by atoms with van der Waals surface area (Å²) in [7, 11) is 3.90. The molecule has 5 nitrogen and oxygen atoms in total. The molecule has 3 N–H and O–H groups in total. The van der Waals surface area contributed by atoms with Crippen molar-refractivity contribution in [1.29, 1.82) is 0 Å². The zero-order valence-corrected chi connectivity index (χ0v) is 12.6. The molecule has 0 saturated heterocycles. The molecule has 0 spiro atoms. The normalized spacial score (nSPS) is 12.0. The molecule has 1 aromatic rings. The molecule has 0 saturated carbocycles. The van der Waals surface area contributed by atoms with Crippen LogP contribution in [-0.4, -0.2) is 49.7 Å². The Morgan fingerprint density at radius 3 is 2.24 bits per heavy atom. The highest BCUT2D eigenvalue weighted by Crippen LogP contribution is 2.25. The fourth-order valence-electron chi connectivity index (χ4n) is 2.08. The predicted molar refractivity (Wildman–Crippen MR) is 79.9 cm³/mol. The molecule has 0 amide bonds. The van der Waals surface area contributed by atoms with Gasteiger partial charge in [0.1, 0.15) is 17.3 Å². The largest absolute Gasteiger partial charge is 0.409 e. The number of nitrogens with two attached hydrogens (primary N) is 1. The average Bonchev–Trinajstić information content (AvgIpc) is 2.43. The number of halogens is 2. The van der Waals surface area contributed by atoms with E-state index >= 15 is 0 Å². The molecule has 1 rings (SSSR count). The molecular formula is C14H22F2N4O. The van der Waals surface area contributed by atoms with Crippen LogP contribution >= 0.6 is 0 Å². The molecule has 0 radical (unpaired) electrons. The van der Waals surface area contributed by atoms with Gasteiger partial charge >= 0.3 is 0 Å². The van der Waals surface area contributed by atoms with Crippen molar-refractivity contribution in [3.05, 3.63) is 29.3 Å². The standard InChI is InChI=1S/C14H22F2N4O/c1-4-20(7-5-6-19(2)3)13-11(15)8-10(9-12(13)16)14(17)18-21/h8-9,21H,4-7H2,1-3H3,(H2,17,18). The smallest absolute Gasteiger partial charge is 0.170 e. The van der Waals surface area contributed by atoms with Crippen LogP contribution in [0.25, 0.3) is 0 Å². The Hall–Kier alpha value is -1.89. The van der Waals surface area contributed by atoms with Gasteiger partial charge in [-0.25, -0.2) is 8.78 Å². The lowest BCUT2D eigenvalue weighted by Gasteiger charge is -2.25. The molecular weight excluding hydrogens is 278 g/mol. The minimum absolute atomic E-state index is 0.0144. The van der Waals surface area contributed by atoms with Crippen LogP contribution in [0.3, 0.4) is 0 Å². The van der Waals surface area contributed by atoms with Crippen LogP contribution in [-0.2, 0) is 0 Å². The van der Waals surface area contributed by atoms with Gasteiger partial charge in [0.25, 0.3) is 0 Å². The summed E-state index contributed by atoms with van der Waals surface area (Å²) in [6.45, 7) is 3.71. The van der Waals surface area contributed by atoms with E-state index in [2.05, 4.69) is 5.16 Å². The van der Waals surface area contributed by atoms with Crippen molar-refractivity contribution in [3.63, 3.8) is 0 Å². The number of nitrogens with zero attached hydrogens (tertiary/aromatic N) is 3. The van der Waals surface area contributed by atoms with Gasteiger partial charge in [0.15, 0.2) is 5.84 Å². The van der Waals surface area contributed by atoms with Gasteiger partial charge in [-0.1, -0.05) is 5.16 Å². The van der Waals surface area contributed by atoms with Gasteiger partial charge in [0.2, 0.25) is 0 Å². The van der Waals surface area contributed by atoms with Crippen LogP contribution in [0.5, 0.6) is 0 Å². The zero-order valence-electron chi connectivity index (χ0n) is 12.6. The number of rotatable bonds is 7. The molecule has 0 aliphatic rings. The number of benzene rings is 1. The van der Waals surface area contributed by atoms with Gasteiger partial charge in [-0.3, -0.25) is 0 Å². The van der Waals surface area contributed by atoms with Gasteiger partial charge in [-0.2, -0.15) is 0 Å². The Labute approximate surface area is 123 Å². The maximum atomic E-state index is 14.1. The van der Waals surface area contributed by atoms with Crippen molar-refractivity contribution < 1.29 is 14.0 Å². The minimum Gasteiger partial charge on any atom is -0.409 e. The summed E-state index contributed by atoms with van der Waals surface area (Å²) < 4.78 is 28.3. The summed E-state index contributed by atoms with van der Waals surface area (Å²) >= 11 is 0. The fourth-order valence-corrected chi connectivity index (χ4v) is 2.08. The molecule has 0 heterocycles. The number of anilines is 1. The molecule has 1 aromatic carbocycles. The summed E-state index contributed by atoms with van der Waals surface area (Å²) in [5.41, 5.74) is 5.29. The summed E-state index contributed by atoms with van der Waals surface area (Å²) in [6, 6.07) is 2.14. The molecule has 0 aliphatic heterocycles. The molecule has 0 aliphatic carbocycles. The third-order valence-corrected chi connectivity index (χ3v) is 3.15. The van der Waals surface area contributed by atoms with Crippen molar-refractivity contribution in [2.45, 2.75) is 13.3 Å². The SMILES string of the molecule is CCN(CCCN(C)C)c1c(F)cc(C(N)=NO)cc1F. The Bertz CT molecular complexity index is 483. The lowest BCUT2D eigenvalue weighted by Crippen LogP contribution is -2.29. The molecule has 7 heteroatoms. The lowest BCUT2D eigenvalue weighted by atomic mass is 10.1. The Balaban J connectivity index is 2.99. The maximum absolute atomic E-state index is 14.1. The van der Waals surface area contributed by atoms with E-state index in [9.17, 15) is 8.78 Å². The monoisotopic (exact) mass is 300 g/mol. The molecule has 0 fully saturated rings. The summed E-state index contributed by atoms with van der Waals surface area (Å²) in [6.07, 6.45) is 0.793. The maximum Gasteiger partial charge on any atom is 0.170 e. The van der Waals surface area contributed by atoms with Crippen LogP contribution in [0.15, 0.2) is 17.3 Å². The topological polar surface area (TPSA) is 65.1 Å². The highest BCUT2D eigenvalue weighted by atomic mass is 19.1. The first-order chi connectivity index (χ1) is 9.90. The summed E-state index contributed by atoms with van der Waals surface area (Å²) in [5, 5.41) is 11.3. The lowest BCUT2D eigenvalue weighted by molar-refractivity contribution is 0.318. The minimum atomic E-state index is -0.719. The first-order valence-corrected chi connectivity index (χ1v) is 6.77. The molecule has 118 valence electrons. The predicted octanol–water partition coefficient (Wildman–Crippen LogP) is 1.84. The van der Waals surface area contributed by atoms with Gasteiger partial charge in [0.05, 0.1) is 0 Å². The first kappa shape index (κ1) is 17.2. The van der Waals surface area contributed by atoms with Crippen molar-refractivity contribution in [2.24, 2.45) is 10.9 Å². The molecule has 0 atom stereocenters. The number of oxime groups is 1. The van der Waals surface area contributed by atoms with Gasteiger partial charge in [0, 0.05) is 18.7 Å². The second-order valence-electron chi connectivity index (χ2n) is 5.01. The van der Waals surface area contributed by atoms with E-state index in [-0.39, 0.29) is 17.1 Å². The number of hydrogen-bond donors (Lipinski definition) is 2. The summed E-state index contributed by atoms with van der Waals surface area (Å²) in [5.74, 6) is -1.76. The number of amidine groups is 1. The van der Waals surface area contributed by atoms with Gasteiger partial charge in [-0.15, -0.1) is 0 Å². The zero-order chi connectivity index (χ0) is 16.0. The van der Waals surface area contributed by atoms with E-state index in [1.54, 1.807) is 4.90 Å². The van der Waals surface area contributed by atoms with Crippen LogP contribution in [0, 0.1) is 11.6 Å². The highest BCUT2D eigenvalue weighted by molar-refractivity contribution is 5.97.